The molecule has 20 heavy (non-hydrogen) atoms. The maximum atomic E-state index is 12.2. The second kappa shape index (κ2) is 6.05. The molecule has 0 radical (unpaired) electrons. The van der Waals surface area contributed by atoms with Crippen LogP contribution in [-0.2, 0) is 22.6 Å². The average Bonchev–Trinajstić information content (AvgIpc) is 2.43. The van der Waals surface area contributed by atoms with E-state index in [-0.39, 0.29) is 17.9 Å². The van der Waals surface area contributed by atoms with Crippen molar-refractivity contribution >= 4 is 11.9 Å². The molecule has 1 aliphatic rings. The van der Waals surface area contributed by atoms with Gasteiger partial charge in [-0.3, -0.25) is 4.79 Å². The van der Waals surface area contributed by atoms with E-state index in [1.54, 1.807) is 13.8 Å². The van der Waals surface area contributed by atoms with E-state index in [4.69, 9.17) is 5.11 Å². The Bertz CT molecular complexity index is 514. The molecule has 1 heterocycles. The van der Waals surface area contributed by atoms with Gasteiger partial charge < -0.3 is 15.7 Å². The average molecular weight is 276 g/mol. The first-order valence-electron chi connectivity index (χ1n) is 6.82. The van der Waals surface area contributed by atoms with Crippen LogP contribution in [0.15, 0.2) is 24.3 Å². The number of carboxylic acid groups (broad SMARTS) is 1. The van der Waals surface area contributed by atoms with Gasteiger partial charge >= 0.3 is 5.97 Å². The van der Waals surface area contributed by atoms with E-state index >= 15 is 0 Å². The van der Waals surface area contributed by atoms with Gasteiger partial charge in [0.2, 0.25) is 5.91 Å². The summed E-state index contributed by atoms with van der Waals surface area (Å²) in [5, 5.41) is 14.9. The first-order chi connectivity index (χ1) is 9.49. The predicted octanol–water partition coefficient (Wildman–Crippen LogP) is 0.926. The number of hydrogen-bond acceptors (Lipinski definition) is 3. The highest BCUT2D eigenvalue weighted by molar-refractivity contribution is 5.87. The summed E-state index contributed by atoms with van der Waals surface area (Å²) in [6.45, 7) is 4.19. The van der Waals surface area contributed by atoms with Gasteiger partial charge in [-0.1, -0.05) is 38.1 Å². The molecule has 2 atom stereocenters. The van der Waals surface area contributed by atoms with Crippen LogP contribution in [0.4, 0.5) is 0 Å². The van der Waals surface area contributed by atoms with Crippen LogP contribution in [0.25, 0.3) is 0 Å². The smallest absolute Gasteiger partial charge is 0.326 e. The first kappa shape index (κ1) is 14.5. The third-order valence-electron chi connectivity index (χ3n) is 3.63. The van der Waals surface area contributed by atoms with E-state index in [1.807, 2.05) is 24.3 Å². The number of aliphatic carboxylic acids is 1. The predicted molar refractivity (Wildman–Crippen MR) is 75.2 cm³/mol. The van der Waals surface area contributed by atoms with Crippen LogP contribution in [0.1, 0.15) is 25.0 Å². The van der Waals surface area contributed by atoms with E-state index in [0.29, 0.717) is 13.0 Å². The summed E-state index contributed by atoms with van der Waals surface area (Å²) < 4.78 is 0. The molecule has 0 aliphatic carbocycles. The summed E-state index contributed by atoms with van der Waals surface area (Å²) in [6, 6.07) is 6.75. The van der Waals surface area contributed by atoms with Crippen LogP contribution in [0.3, 0.4) is 0 Å². The van der Waals surface area contributed by atoms with Gasteiger partial charge in [-0.05, 0) is 23.5 Å². The molecule has 0 saturated carbocycles. The third kappa shape index (κ3) is 3.17. The van der Waals surface area contributed by atoms with Crippen LogP contribution in [0.2, 0.25) is 0 Å². The number of benzene rings is 1. The minimum atomic E-state index is -0.996. The van der Waals surface area contributed by atoms with Crippen LogP contribution < -0.4 is 10.6 Å². The number of amides is 1. The van der Waals surface area contributed by atoms with Crippen molar-refractivity contribution in [2.45, 2.75) is 38.9 Å². The molecule has 0 unspecified atom stereocenters. The fourth-order valence-electron chi connectivity index (χ4n) is 2.41. The third-order valence-corrected chi connectivity index (χ3v) is 3.63. The minimum Gasteiger partial charge on any atom is -0.480 e. The highest BCUT2D eigenvalue weighted by Crippen LogP contribution is 2.16. The second-order valence-corrected chi connectivity index (χ2v) is 5.47. The van der Waals surface area contributed by atoms with Gasteiger partial charge in [-0.2, -0.15) is 0 Å². The van der Waals surface area contributed by atoms with Crippen molar-refractivity contribution in [2.75, 3.05) is 0 Å². The van der Waals surface area contributed by atoms with E-state index in [2.05, 4.69) is 10.6 Å². The Morgan fingerprint density at radius 1 is 1.30 bits per heavy atom. The number of carbonyl (C=O) groups excluding carboxylic acids is 1. The molecule has 0 saturated heterocycles. The first-order valence-corrected chi connectivity index (χ1v) is 6.82. The number of hydrogen-bond donors (Lipinski definition) is 3. The summed E-state index contributed by atoms with van der Waals surface area (Å²) in [7, 11) is 0. The van der Waals surface area contributed by atoms with Gasteiger partial charge in [-0.15, -0.1) is 0 Å². The van der Waals surface area contributed by atoms with Crippen molar-refractivity contribution in [3.63, 3.8) is 0 Å². The van der Waals surface area contributed by atoms with Crippen LogP contribution in [0, 0.1) is 5.92 Å². The lowest BCUT2D eigenvalue weighted by Gasteiger charge is -2.27. The summed E-state index contributed by atoms with van der Waals surface area (Å²) in [5.41, 5.74) is 2.33. The summed E-state index contributed by atoms with van der Waals surface area (Å²) in [5.74, 6) is -1.39. The van der Waals surface area contributed by atoms with Crippen molar-refractivity contribution in [1.29, 1.82) is 0 Å². The molecular weight excluding hydrogens is 256 g/mol. The lowest BCUT2D eigenvalue weighted by atomic mass is 9.95. The van der Waals surface area contributed by atoms with E-state index in [1.165, 1.54) is 5.56 Å². The molecule has 5 nitrogen and oxygen atoms in total. The molecular formula is C15H20N2O3. The molecule has 108 valence electrons. The summed E-state index contributed by atoms with van der Waals surface area (Å²) in [4.78, 5) is 23.3. The zero-order valence-electron chi connectivity index (χ0n) is 11.7. The lowest BCUT2D eigenvalue weighted by Crippen LogP contribution is -2.53. The van der Waals surface area contributed by atoms with Crippen LogP contribution in [0.5, 0.6) is 0 Å². The highest BCUT2D eigenvalue weighted by atomic mass is 16.4. The second-order valence-electron chi connectivity index (χ2n) is 5.47. The Balaban J connectivity index is 2.03. The van der Waals surface area contributed by atoms with Gasteiger partial charge in [0.15, 0.2) is 0 Å². The summed E-state index contributed by atoms with van der Waals surface area (Å²) >= 11 is 0. The van der Waals surface area contributed by atoms with Crippen LogP contribution >= 0.6 is 0 Å². The molecule has 3 N–H and O–H groups in total. The molecule has 1 amide bonds. The fraction of sp³-hybridized carbons (Fsp3) is 0.467. The van der Waals surface area contributed by atoms with Crippen molar-refractivity contribution < 1.29 is 14.7 Å². The molecule has 0 aromatic heterocycles. The lowest BCUT2D eigenvalue weighted by molar-refractivity contribution is -0.143. The standard InChI is InChI=1S/C15H20N2O3/c1-9(2)13(15(19)20)17-14(18)12-7-10-5-3-4-6-11(10)8-16-12/h3-6,9,12-13,16H,7-8H2,1-2H3,(H,17,18)(H,19,20)/t12-,13+/m1/s1. The van der Waals surface area contributed by atoms with Gasteiger partial charge in [0.1, 0.15) is 6.04 Å². The number of carboxylic acids is 1. The quantitative estimate of drug-likeness (QED) is 0.764. The Labute approximate surface area is 118 Å². The molecule has 0 fully saturated rings. The Morgan fingerprint density at radius 2 is 1.95 bits per heavy atom. The maximum Gasteiger partial charge on any atom is 0.326 e. The number of fused-ring (bicyclic) bond motifs is 1. The molecule has 1 aliphatic heterocycles. The monoisotopic (exact) mass is 276 g/mol. The molecule has 0 spiro atoms. The molecule has 1 aromatic carbocycles. The SMILES string of the molecule is CC(C)[C@H](NC(=O)[C@H]1Cc2ccccc2CN1)C(=O)O. The highest BCUT2D eigenvalue weighted by Gasteiger charge is 2.29. The van der Waals surface area contributed by atoms with Crippen molar-refractivity contribution in [3.05, 3.63) is 35.4 Å². The largest absolute Gasteiger partial charge is 0.480 e. The van der Waals surface area contributed by atoms with Crippen molar-refractivity contribution in [3.8, 4) is 0 Å². The zero-order valence-corrected chi connectivity index (χ0v) is 11.7. The van der Waals surface area contributed by atoms with Crippen molar-refractivity contribution in [1.82, 2.24) is 10.6 Å². The Kier molecular flexibility index (Phi) is 4.39. The van der Waals surface area contributed by atoms with E-state index in [9.17, 15) is 9.59 Å². The van der Waals surface area contributed by atoms with Crippen LogP contribution in [-0.4, -0.2) is 29.1 Å². The molecule has 2 rings (SSSR count). The number of rotatable bonds is 4. The number of nitrogens with one attached hydrogen (secondary N) is 2. The Morgan fingerprint density at radius 3 is 2.55 bits per heavy atom. The molecule has 5 heteroatoms. The topological polar surface area (TPSA) is 78.4 Å². The van der Waals surface area contributed by atoms with E-state index < -0.39 is 12.0 Å². The van der Waals surface area contributed by atoms with Gasteiger partial charge in [0.25, 0.3) is 0 Å². The Hall–Kier alpha value is -1.88. The zero-order chi connectivity index (χ0) is 14.7. The van der Waals surface area contributed by atoms with Gasteiger partial charge in [0, 0.05) is 6.54 Å². The number of carbonyl (C=O) groups is 2. The fourth-order valence-corrected chi connectivity index (χ4v) is 2.41. The molecule has 0 bridgehead atoms. The van der Waals surface area contributed by atoms with Gasteiger partial charge in [0.05, 0.1) is 6.04 Å². The maximum absolute atomic E-state index is 12.2. The van der Waals surface area contributed by atoms with Gasteiger partial charge in [-0.25, -0.2) is 4.79 Å². The van der Waals surface area contributed by atoms with E-state index in [0.717, 1.165) is 5.56 Å². The minimum absolute atomic E-state index is 0.146. The summed E-state index contributed by atoms with van der Waals surface area (Å²) in [6.07, 6.45) is 0.590. The normalized spacial score (nSPS) is 19.2. The van der Waals surface area contributed by atoms with Crippen molar-refractivity contribution in [2.24, 2.45) is 5.92 Å². The molecule has 1 aromatic rings.